The molecular formula is C57H68N3O8S2-. The van der Waals surface area contributed by atoms with E-state index >= 15 is 4.79 Å². The molecule has 13 heteroatoms. The van der Waals surface area contributed by atoms with Gasteiger partial charge in [-0.05, 0) is 127 Å². The van der Waals surface area contributed by atoms with E-state index in [1.54, 1.807) is 55.4 Å². The molecular weight excluding hydrogens is 919 g/mol. The minimum Gasteiger partial charge on any atom is -0.670 e. The molecule has 1 aromatic heterocycles. The Labute approximate surface area is 420 Å². The first kappa shape index (κ1) is 51.2. The summed E-state index contributed by atoms with van der Waals surface area (Å²) >= 11 is 0. The summed E-state index contributed by atoms with van der Waals surface area (Å²) in [6, 6.07) is 27.1. The van der Waals surface area contributed by atoms with Gasteiger partial charge in [0.05, 0.1) is 18.8 Å². The first-order valence-electron chi connectivity index (χ1n) is 24.6. The lowest BCUT2D eigenvalue weighted by Gasteiger charge is -2.38. The number of ketones is 1. The van der Waals surface area contributed by atoms with Crippen LogP contribution in [0.4, 0.5) is 0 Å². The zero-order chi connectivity index (χ0) is 49.4. The Morgan fingerprint density at radius 2 is 1.67 bits per heavy atom. The molecule has 0 bridgehead atoms. The largest absolute Gasteiger partial charge is 0.670 e. The number of ether oxygens (including phenoxy) is 2. The number of rotatable bonds is 17. The second-order valence-corrected chi connectivity index (χ2v) is 22.0. The summed E-state index contributed by atoms with van der Waals surface area (Å²) in [5, 5.41) is 66.5. The number of aliphatic hydroxyl groups is 2. The molecule has 6 aromatic rings. The number of hydrogen-bond donors (Lipinski definition) is 7. The van der Waals surface area contributed by atoms with E-state index in [0.29, 0.717) is 54.4 Å². The Morgan fingerprint density at radius 3 is 2.43 bits per heavy atom. The van der Waals surface area contributed by atoms with Crippen molar-refractivity contribution >= 4 is 38.1 Å². The summed E-state index contributed by atoms with van der Waals surface area (Å²) in [4.78, 5) is 19.8. The third-order valence-electron chi connectivity index (χ3n) is 14.7. The summed E-state index contributed by atoms with van der Waals surface area (Å²) < 4.78 is 12.1. The fraction of sp³-hybridized carbons (Fsp3) is 0.421. The second kappa shape index (κ2) is 22.9. The maximum Gasteiger partial charge on any atom is 0.167 e. The first-order chi connectivity index (χ1) is 33.8. The van der Waals surface area contributed by atoms with Gasteiger partial charge in [-0.2, -0.15) is 12.4 Å². The van der Waals surface area contributed by atoms with E-state index < -0.39 is 23.5 Å². The van der Waals surface area contributed by atoms with Crippen LogP contribution in [0.5, 0.6) is 28.7 Å². The molecule has 0 radical (unpaired) electrons. The van der Waals surface area contributed by atoms with Gasteiger partial charge in [-0.1, -0.05) is 114 Å². The molecule has 5 aromatic carbocycles. The maximum atomic E-state index is 15.4. The summed E-state index contributed by atoms with van der Waals surface area (Å²) in [5.41, 5.74) is 6.77. The van der Waals surface area contributed by atoms with E-state index in [1.165, 1.54) is 16.4 Å². The lowest BCUT2D eigenvalue weighted by Crippen LogP contribution is -2.41. The number of aromatic nitrogens is 1. The van der Waals surface area contributed by atoms with Gasteiger partial charge in [0.1, 0.15) is 18.3 Å². The number of nitrogens with one attached hydrogen (secondary N) is 2. The lowest BCUT2D eigenvalue weighted by molar-refractivity contribution is -0.123. The number of carbonyl (C=O) groups excluding carboxylic acids is 1. The molecule has 11 nitrogen and oxygen atoms in total. The van der Waals surface area contributed by atoms with E-state index in [9.17, 15) is 25.5 Å². The summed E-state index contributed by atoms with van der Waals surface area (Å²) in [7, 11) is 6.60. The number of hydrogen-bond acceptors (Lipinski definition) is 12. The summed E-state index contributed by atoms with van der Waals surface area (Å²) in [6.07, 6.45) is 9.58. The van der Waals surface area contributed by atoms with E-state index in [0.717, 1.165) is 88.2 Å². The van der Waals surface area contributed by atoms with Crippen LogP contribution < -0.4 is 25.1 Å². The van der Waals surface area contributed by atoms with Gasteiger partial charge in [-0.15, -0.1) is 0 Å². The van der Waals surface area contributed by atoms with Crippen molar-refractivity contribution in [3.05, 3.63) is 147 Å². The molecule has 1 fully saturated rings. The van der Waals surface area contributed by atoms with Crippen LogP contribution >= 0.6 is 21.6 Å². The number of aryl methyl sites for hydroxylation is 1. The number of carbonyl (C=O) groups is 1. The Bertz CT molecular complexity index is 2740. The smallest absolute Gasteiger partial charge is 0.167 e. The Kier molecular flexibility index (Phi) is 16.8. The first-order valence-corrected chi connectivity index (χ1v) is 27.1. The third-order valence-corrected chi connectivity index (χ3v) is 17.2. The molecule has 1 aliphatic carbocycles. The van der Waals surface area contributed by atoms with Gasteiger partial charge >= 0.3 is 0 Å². The molecule has 372 valence electrons. The van der Waals surface area contributed by atoms with Crippen molar-refractivity contribution in [3.63, 3.8) is 0 Å². The Hall–Kier alpha value is -5.15. The van der Waals surface area contributed by atoms with Crippen LogP contribution in [0, 0.1) is 5.92 Å². The summed E-state index contributed by atoms with van der Waals surface area (Å²) in [6.45, 7) is 4.28. The fourth-order valence-corrected chi connectivity index (χ4v) is 13.3. The van der Waals surface area contributed by atoms with Crippen LogP contribution in [-0.2, 0) is 48.2 Å². The molecule has 1 aliphatic heterocycles. The normalized spacial score (nSPS) is 18.8. The standard InChI is InChI=1S/C57H68N3O8S2/c1-5-37-13-14-38-11-7-8-12-45(38)46(37)29-48-39(15-17-50(62)54(48)67-4)24-42(23-36-19-22-59-31-36)52(64)30-53(65)47(41-25-43(28-44(61)26-41)57(58-3)20-9-6-10-21-57)27-40-16-18-51(63)55-49(40)32-69-70-34-56(2,66)33-60-35-68-55/h7-8,11-19,22,25-26,28,31,42,47,52,58,60-64,66H,5-6,9-10,20-21,23-24,27,29-30,32-35H2,1-4H3/q-1/t42-,47+,52+,56+/m0/s1. The highest BCUT2D eigenvalue weighted by molar-refractivity contribution is 8.76. The quantitative estimate of drug-likeness (QED) is 0.0431. The molecule has 2 heterocycles. The van der Waals surface area contributed by atoms with Crippen molar-refractivity contribution in [3.8, 4) is 28.7 Å². The number of benzene rings is 5. The highest BCUT2D eigenvalue weighted by atomic mass is 33.1. The van der Waals surface area contributed by atoms with E-state index in [2.05, 4.69) is 52.9 Å². The van der Waals surface area contributed by atoms with Crippen LogP contribution in [0.3, 0.4) is 0 Å². The van der Waals surface area contributed by atoms with E-state index in [4.69, 9.17) is 9.47 Å². The lowest BCUT2D eigenvalue weighted by atomic mass is 9.74. The predicted octanol–water partition coefficient (Wildman–Crippen LogP) is 9.77. The monoisotopic (exact) mass is 986 g/mol. The number of phenolic OH excluding ortho intramolecular Hbond substituents is 3. The van der Waals surface area contributed by atoms with Crippen LogP contribution in [0.1, 0.15) is 108 Å². The topological polar surface area (TPSA) is 175 Å². The van der Waals surface area contributed by atoms with Gasteiger partial charge in [0, 0.05) is 53.5 Å². The number of aromatic hydroxyl groups is 3. The van der Waals surface area contributed by atoms with Crippen LogP contribution in [0.15, 0.2) is 97.3 Å². The van der Waals surface area contributed by atoms with Crippen molar-refractivity contribution in [2.24, 2.45) is 5.92 Å². The molecule has 8 rings (SSSR count). The van der Waals surface area contributed by atoms with Gasteiger partial charge in [0.25, 0.3) is 0 Å². The van der Waals surface area contributed by atoms with Gasteiger partial charge in [0.2, 0.25) is 0 Å². The zero-order valence-electron chi connectivity index (χ0n) is 40.8. The van der Waals surface area contributed by atoms with Crippen LogP contribution in [-0.4, -0.2) is 76.2 Å². The van der Waals surface area contributed by atoms with Crippen molar-refractivity contribution < 1.29 is 39.8 Å². The summed E-state index contributed by atoms with van der Waals surface area (Å²) in [5.74, 6) is 0.235. The van der Waals surface area contributed by atoms with Gasteiger partial charge in [0.15, 0.2) is 23.0 Å². The number of fused-ring (bicyclic) bond motifs is 2. The SMILES string of the molecule is CCc1ccc2ccccc2c1Cc1c(C[C@H](Cc2cc[n-]c2)[C@H](O)CC(=O)[C@H](Cc2ccc(O)c3c2CSSC[C@](C)(O)CNCO3)c2cc(O)cc(C3(NC)CCCCC3)c2)ccc(O)c1OC. The van der Waals surface area contributed by atoms with Gasteiger partial charge < -0.3 is 45.3 Å². The van der Waals surface area contributed by atoms with Crippen LogP contribution in [0.2, 0.25) is 0 Å². The van der Waals surface area contributed by atoms with Crippen molar-refractivity contribution in [2.45, 2.75) is 113 Å². The molecule has 7 N–H and O–H groups in total. The molecule has 0 saturated heterocycles. The zero-order valence-corrected chi connectivity index (χ0v) is 42.4. The van der Waals surface area contributed by atoms with Crippen molar-refractivity contribution in [1.29, 1.82) is 0 Å². The van der Waals surface area contributed by atoms with Crippen molar-refractivity contribution in [1.82, 2.24) is 15.6 Å². The molecule has 0 unspecified atom stereocenters. The number of methoxy groups -OCH3 is 1. The number of β-amino-alcohol motifs (C(OH)–C–C–N with tert-alkyl or cyclic N) is 1. The number of aliphatic hydroxyl groups excluding tert-OH is 1. The Balaban J connectivity index is 1.17. The minimum atomic E-state index is -1.11. The average Bonchev–Trinajstić information content (AvgIpc) is 3.87. The molecule has 0 spiro atoms. The highest BCUT2D eigenvalue weighted by Gasteiger charge is 2.36. The Morgan fingerprint density at radius 1 is 0.900 bits per heavy atom. The van der Waals surface area contributed by atoms with Gasteiger partial charge in [-0.3, -0.25) is 10.1 Å². The van der Waals surface area contributed by atoms with E-state index in [1.807, 2.05) is 43.4 Å². The highest BCUT2D eigenvalue weighted by Crippen LogP contribution is 2.44. The molecule has 0 amide bonds. The van der Waals surface area contributed by atoms with Gasteiger partial charge in [-0.25, -0.2) is 0 Å². The molecule has 70 heavy (non-hydrogen) atoms. The number of Topliss-reactive ketones (excluding diaryl/α,β-unsaturated/α-hetero) is 1. The fourth-order valence-electron chi connectivity index (χ4n) is 10.8. The number of phenols is 3. The predicted molar refractivity (Wildman–Crippen MR) is 281 cm³/mol. The van der Waals surface area contributed by atoms with Crippen LogP contribution in [0.25, 0.3) is 10.8 Å². The van der Waals surface area contributed by atoms with Crippen molar-refractivity contribution in [2.75, 3.05) is 33.2 Å². The molecule has 1 saturated carbocycles. The second-order valence-electron chi connectivity index (χ2n) is 19.5. The minimum absolute atomic E-state index is 0.0233. The molecule has 2 aliphatic rings. The maximum absolute atomic E-state index is 15.4. The number of nitrogens with zero attached hydrogens (tertiary/aromatic N) is 1. The average molecular weight is 987 g/mol. The van der Waals surface area contributed by atoms with E-state index in [-0.39, 0.29) is 48.1 Å². The third kappa shape index (κ3) is 11.8. The molecule has 4 atom stereocenters.